The minimum absolute atomic E-state index is 0.229. The standard InChI is InChI=1S/C11H16N4S/c1-3-7-15-10(4-5-13-15)14-9(2)11-12-6-8-16-11/h4-6,8-9,14H,3,7H2,1-2H3. The Labute approximate surface area is 99.3 Å². The molecule has 0 bridgehead atoms. The van der Waals surface area contributed by atoms with Gasteiger partial charge >= 0.3 is 0 Å². The van der Waals surface area contributed by atoms with E-state index in [1.807, 2.05) is 28.5 Å². The minimum Gasteiger partial charge on any atom is -0.361 e. The lowest BCUT2D eigenvalue weighted by atomic mass is 10.3. The highest BCUT2D eigenvalue weighted by Gasteiger charge is 2.10. The summed E-state index contributed by atoms with van der Waals surface area (Å²) < 4.78 is 1.99. The summed E-state index contributed by atoms with van der Waals surface area (Å²) >= 11 is 1.67. The molecule has 2 heterocycles. The predicted octanol–water partition coefficient (Wildman–Crippen LogP) is 2.92. The molecule has 0 radical (unpaired) electrons. The molecular formula is C11H16N4S. The van der Waals surface area contributed by atoms with E-state index in [9.17, 15) is 0 Å². The molecule has 0 saturated heterocycles. The molecule has 0 fully saturated rings. The molecule has 1 atom stereocenters. The number of anilines is 1. The summed E-state index contributed by atoms with van der Waals surface area (Å²) in [6.45, 7) is 5.21. The highest BCUT2D eigenvalue weighted by molar-refractivity contribution is 7.09. The molecule has 0 aliphatic carbocycles. The maximum Gasteiger partial charge on any atom is 0.124 e. The van der Waals surface area contributed by atoms with Gasteiger partial charge in [-0.3, -0.25) is 0 Å². The zero-order valence-corrected chi connectivity index (χ0v) is 10.4. The van der Waals surface area contributed by atoms with Crippen LogP contribution in [0.3, 0.4) is 0 Å². The molecule has 16 heavy (non-hydrogen) atoms. The van der Waals surface area contributed by atoms with Gasteiger partial charge in [0.05, 0.1) is 12.2 Å². The van der Waals surface area contributed by atoms with Crippen LogP contribution in [-0.4, -0.2) is 14.8 Å². The van der Waals surface area contributed by atoms with Crippen LogP contribution in [0.2, 0.25) is 0 Å². The van der Waals surface area contributed by atoms with Crippen molar-refractivity contribution in [1.29, 1.82) is 0 Å². The molecule has 0 spiro atoms. The lowest BCUT2D eigenvalue weighted by Crippen LogP contribution is -2.11. The average molecular weight is 236 g/mol. The van der Waals surface area contributed by atoms with E-state index in [4.69, 9.17) is 0 Å². The zero-order chi connectivity index (χ0) is 11.4. The molecule has 0 saturated carbocycles. The summed E-state index contributed by atoms with van der Waals surface area (Å²) in [5, 5.41) is 10.8. The Hall–Kier alpha value is -1.36. The van der Waals surface area contributed by atoms with Gasteiger partial charge in [0.25, 0.3) is 0 Å². The number of rotatable bonds is 5. The summed E-state index contributed by atoms with van der Waals surface area (Å²) in [7, 11) is 0. The van der Waals surface area contributed by atoms with Crippen LogP contribution in [-0.2, 0) is 6.54 Å². The molecule has 0 aromatic carbocycles. The zero-order valence-electron chi connectivity index (χ0n) is 9.55. The number of hydrogen-bond donors (Lipinski definition) is 1. The molecule has 0 aliphatic rings. The maximum atomic E-state index is 4.30. The Morgan fingerprint density at radius 3 is 3.06 bits per heavy atom. The van der Waals surface area contributed by atoms with E-state index in [0.29, 0.717) is 0 Å². The van der Waals surface area contributed by atoms with Crippen LogP contribution in [0.4, 0.5) is 5.82 Å². The summed E-state index contributed by atoms with van der Waals surface area (Å²) in [6.07, 6.45) is 4.75. The molecule has 4 nitrogen and oxygen atoms in total. The van der Waals surface area contributed by atoms with E-state index in [0.717, 1.165) is 23.8 Å². The van der Waals surface area contributed by atoms with Crippen LogP contribution in [0.1, 0.15) is 31.3 Å². The van der Waals surface area contributed by atoms with Gasteiger partial charge in [-0.25, -0.2) is 9.67 Å². The Bertz CT molecular complexity index is 421. The Kier molecular flexibility index (Phi) is 3.56. The van der Waals surface area contributed by atoms with Gasteiger partial charge < -0.3 is 5.32 Å². The molecule has 1 N–H and O–H groups in total. The smallest absolute Gasteiger partial charge is 0.124 e. The number of thiazole rings is 1. The Morgan fingerprint density at radius 1 is 1.50 bits per heavy atom. The average Bonchev–Trinajstić information content (AvgIpc) is 2.90. The van der Waals surface area contributed by atoms with E-state index < -0.39 is 0 Å². The second kappa shape index (κ2) is 5.12. The lowest BCUT2D eigenvalue weighted by molar-refractivity contribution is 0.603. The second-order valence-corrected chi connectivity index (χ2v) is 4.60. The van der Waals surface area contributed by atoms with Crippen molar-refractivity contribution in [1.82, 2.24) is 14.8 Å². The van der Waals surface area contributed by atoms with Crippen molar-refractivity contribution in [3.05, 3.63) is 28.8 Å². The summed E-state index contributed by atoms with van der Waals surface area (Å²) in [5.41, 5.74) is 0. The van der Waals surface area contributed by atoms with E-state index >= 15 is 0 Å². The van der Waals surface area contributed by atoms with Gasteiger partial charge in [-0.15, -0.1) is 11.3 Å². The molecule has 2 aromatic heterocycles. The van der Waals surface area contributed by atoms with E-state index in [1.54, 1.807) is 11.3 Å². The molecule has 1 unspecified atom stereocenters. The third-order valence-corrected chi connectivity index (χ3v) is 3.30. The quantitative estimate of drug-likeness (QED) is 0.868. The SMILES string of the molecule is CCCn1nccc1NC(C)c1nccs1. The Morgan fingerprint density at radius 2 is 2.38 bits per heavy atom. The van der Waals surface area contributed by atoms with Crippen molar-refractivity contribution >= 4 is 17.2 Å². The van der Waals surface area contributed by atoms with Crippen LogP contribution in [0, 0.1) is 0 Å². The van der Waals surface area contributed by atoms with Crippen LogP contribution in [0.25, 0.3) is 0 Å². The van der Waals surface area contributed by atoms with Gasteiger partial charge in [0.1, 0.15) is 10.8 Å². The molecule has 86 valence electrons. The topological polar surface area (TPSA) is 42.7 Å². The van der Waals surface area contributed by atoms with Gasteiger partial charge in [-0.1, -0.05) is 6.92 Å². The van der Waals surface area contributed by atoms with Crippen LogP contribution in [0.15, 0.2) is 23.8 Å². The first-order valence-electron chi connectivity index (χ1n) is 5.49. The molecule has 0 amide bonds. The molecule has 2 rings (SSSR count). The maximum absolute atomic E-state index is 4.30. The van der Waals surface area contributed by atoms with E-state index in [2.05, 4.69) is 29.2 Å². The normalized spacial score (nSPS) is 12.6. The summed E-state index contributed by atoms with van der Waals surface area (Å²) in [5.74, 6) is 1.06. The third kappa shape index (κ3) is 2.41. The number of aryl methyl sites for hydroxylation is 1. The number of nitrogens with one attached hydrogen (secondary N) is 1. The monoisotopic (exact) mass is 236 g/mol. The first-order chi connectivity index (χ1) is 7.81. The number of nitrogens with zero attached hydrogens (tertiary/aromatic N) is 3. The van der Waals surface area contributed by atoms with Gasteiger partial charge in [-0.2, -0.15) is 5.10 Å². The van der Waals surface area contributed by atoms with Crippen LogP contribution < -0.4 is 5.32 Å². The largest absolute Gasteiger partial charge is 0.361 e. The predicted molar refractivity (Wildman–Crippen MR) is 66.7 cm³/mol. The first-order valence-corrected chi connectivity index (χ1v) is 6.37. The first kappa shape index (κ1) is 11.1. The fraction of sp³-hybridized carbons (Fsp3) is 0.455. The van der Waals surface area contributed by atoms with Gasteiger partial charge in [0.2, 0.25) is 0 Å². The number of aromatic nitrogens is 3. The third-order valence-electron chi connectivity index (χ3n) is 2.34. The summed E-state index contributed by atoms with van der Waals surface area (Å²) in [4.78, 5) is 4.30. The molecule has 2 aromatic rings. The van der Waals surface area contributed by atoms with E-state index in [1.165, 1.54) is 0 Å². The van der Waals surface area contributed by atoms with Crippen molar-refractivity contribution in [3.63, 3.8) is 0 Å². The second-order valence-electron chi connectivity index (χ2n) is 3.68. The molecule has 0 aliphatic heterocycles. The summed E-state index contributed by atoms with van der Waals surface area (Å²) in [6, 6.07) is 2.23. The highest BCUT2D eigenvalue weighted by Crippen LogP contribution is 2.20. The lowest BCUT2D eigenvalue weighted by Gasteiger charge is -2.13. The van der Waals surface area contributed by atoms with Crippen molar-refractivity contribution in [2.75, 3.05) is 5.32 Å². The van der Waals surface area contributed by atoms with Crippen LogP contribution >= 0.6 is 11.3 Å². The molecule has 5 heteroatoms. The minimum atomic E-state index is 0.229. The van der Waals surface area contributed by atoms with Gasteiger partial charge in [0.15, 0.2) is 0 Å². The number of hydrogen-bond acceptors (Lipinski definition) is 4. The highest BCUT2D eigenvalue weighted by atomic mass is 32.1. The van der Waals surface area contributed by atoms with Crippen molar-refractivity contribution in [3.8, 4) is 0 Å². The fourth-order valence-corrected chi connectivity index (χ4v) is 2.22. The van der Waals surface area contributed by atoms with Gasteiger partial charge in [0, 0.05) is 24.2 Å². The Balaban J connectivity index is 2.06. The van der Waals surface area contributed by atoms with Crippen molar-refractivity contribution in [2.45, 2.75) is 32.9 Å². The molecular weight excluding hydrogens is 220 g/mol. The van der Waals surface area contributed by atoms with Crippen LogP contribution in [0.5, 0.6) is 0 Å². The van der Waals surface area contributed by atoms with E-state index in [-0.39, 0.29) is 6.04 Å². The van der Waals surface area contributed by atoms with Crippen molar-refractivity contribution in [2.24, 2.45) is 0 Å². The van der Waals surface area contributed by atoms with Gasteiger partial charge in [-0.05, 0) is 13.3 Å². The van der Waals surface area contributed by atoms with Crippen molar-refractivity contribution < 1.29 is 0 Å². The fourth-order valence-electron chi connectivity index (χ4n) is 1.58.